The van der Waals surface area contributed by atoms with Crippen molar-refractivity contribution in [1.82, 2.24) is 41.3 Å². The summed E-state index contributed by atoms with van der Waals surface area (Å²) in [6, 6.07) is 27.9. The van der Waals surface area contributed by atoms with E-state index in [4.69, 9.17) is 0 Å². The lowest BCUT2D eigenvalue weighted by Gasteiger charge is -2.42. The normalized spacial score (nSPS) is 19.8. The summed E-state index contributed by atoms with van der Waals surface area (Å²) < 4.78 is 0. The molecule has 0 radical (unpaired) electrons. The molecular weight excluding hydrogens is 969 g/mol. The number of rotatable bonds is 18. The Bertz CT molecular complexity index is 2750. The highest BCUT2D eigenvalue weighted by Crippen LogP contribution is 2.33. The van der Waals surface area contributed by atoms with Crippen molar-refractivity contribution in [3.63, 3.8) is 0 Å². The maximum atomic E-state index is 15.3. The number of carbonyl (C=O) groups is 7. The molecule has 1 fully saturated rings. The molecule has 0 aromatic heterocycles. The first kappa shape index (κ1) is 57.8. The Morgan fingerprint density at radius 1 is 0.675 bits per heavy atom. The smallest absolute Gasteiger partial charge is 0.251 e. The molecule has 2 heterocycles. The molecule has 0 saturated carbocycles. The third-order valence-electron chi connectivity index (χ3n) is 15.8. The SMILES string of the molecule is CC[C@@H](C)C(=O)N[C@H](C(=O)N1Cc2ccccc2C[C@H]1C(=O)N(CCc1ccccc1)Cc1ccc(C(=O)NC2C[C@@H](C(=O)N[C@@H]3CCCc4ccccc43)N(C(=O)[C@@H](NC(=O)[C@H](C)NC)C(C)(C)C)C2)cc1)C(C)(C)C. The van der Waals surface area contributed by atoms with Gasteiger partial charge in [0, 0.05) is 50.1 Å². The van der Waals surface area contributed by atoms with Gasteiger partial charge in [-0.25, -0.2) is 0 Å². The van der Waals surface area contributed by atoms with E-state index in [0.717, 1.165) is 47.1 Å². The first-order valence-corrected chi connectivity index (χ1v) is 27.6. The van der Waals surface area contributed by atoms with Gasteiger partial charge in [-0.05, 0) is 109 Å². The lowest BCUT2D eigenvalue weighted by Crippen LogP contribution is -2.61. The minimum Gasteiger partial charge on any atom is -0.347 e. The largest absolute Gasteiger partial charge is 0.347 e. The van der Waals surface area contributed by atoms with Crippen LogP contribution in [0.4, 0.5) is 0 Å². The Balaban J connectivity index is 1.12. The number of aryl methyl sites for hydroxylation is 1. The van der Waals surface area contributed by atoms with Gasteiger partial charge in [0.2, 0.25) is 35.4 Å². The average Bonchev–Trinajstić information content (AvgIpc) is 3.86. The van der Waals surface area contributed by atoms with Gasteiger partial charge in [0.15, 0.2) is 0 Å². The highest BCUT2D eigenvalue weighted by molar-refractivity contribution is 5.97. The zero-order valence-corrected chi connectivity index (χ0v) is 46.9. The molecule has 2 aliphatic heterocycles. The molecule has 0 bridgehead atoms. The highest BCUT2D eigenvalue weighted by atomic mass is 16.2. The van der Waals surface area contributed by atoms with Crippen molar-refractivity contribution in [2.24, 2.45) is 16.7 Å². The number of carbonyl (C=O) groups excluding carboxylic acids is 7. The number of amides is 7. The Labute approximate surface area is 456 Å². The molecule has 15 heteroatoms. The topological polar surface area (TPSA) is 189 Å². The van der Waals surface area contributed by atoms with E-state index >= 15 is 4.79 Å². The van der Waals surface area contributed by atoms with Gasteiger partial charge >= 0.3 is 0 Å². The minimum atomic E-state index is -0.960. The predicted octanol–water partition coefficient (Wildman–Crippen LogP) is 6.82. The van der Waals surface area contributed by atoms with E-state index in [1.807, 2.05) is 140 Å². The standard InChI is InChI=1S/C62H82N8O7/c1-11-39(2)54(71)66-52(61(4,5)6)59(76)69-37-46-24-16-15-23-45(46)34-51(69)58(75)68(33-32-41-20-13-12-14-21-41)36-42-28-30-44(31-29-42)56(73)64-47-35-50(57(74)65-49-27-19-25-43-22-17-18-26-48(43)49)70(38-47)60(77)53(62(7,8)9)67-55(72)40(3)63-10/h12-18,20-24,26,28-31,39-40,47,49-53,63H,11,19,25,27,32-38H2,1-10H3,(H,64,73)(H,65,74)(H,66,71)(H,67,72)/t39-,40+,47?,49-,50+,51+,52-,53-/m1/s1. The number of benzene rings is 4. The molecule has 7 amide bonds. The van der Waals surface area contributed by atoms with Gasteiger partial charge in [-0.2, -0.15) is 0 Å². The van der Waals surface area contributed by atoms with Crippen LogP contribution in [0, 0.1) is 16.7 Å². The molecule has 7 rings (SSSR count). The van der Waals surface area contributed by atoms with Gasteiger partial charge in [0.05, 0.1) is 12.1 Å². The third kappa shape index (κ3) is 14.2. The Morgan fingerprint density at radius 2 is 1.27 bits per heavy atom. The van der Waals surface area contributed by atoms with Crippen molar-refractivity contribution < 1.29 is 33.6 Å². The number of likely N-dealkylation sites (tertiary alicyclic amines) is 1. The molecular formula is C62H82N8O7. The van der Waals surface area contributed by atoms with Crippen molar-refractivity contribution in [3.05, 3.63) is 142 Å². The van der Waals surface area contributed by atoms with Crippen molar-refractivity contribution in [1.29, 1.82) is 0 Å². The van der Waals surface area contributed by atoms with Gasteiger partial charge in [0.25, 0.3) is 5.91 Å². The Kier molecular flexibility index (Phi) is 18.8. The summed E-state index contributed by atoms with van der Waals surface area (Å²) in [6.07, 6.45) is 4.24. The maximum absolute atomic E-state index is 15.3. The van der Waals surface area contributed by atoms with Gasteiger partial charge in [-0.3, -0.25) is 33.6 Å². The number of hydrogen-bond acceptors (Lipinski definition) is 8. The fraction of sp³-hybridized carbons (Fsp3) is 0.500. The molecule has 4 aromatic rings. The van der Waals surface area contributed by atoms with Gasteiger partial charge in [0.1, 0.15) is 24.2 Å². The summed E-state index contributed by atoms with van der Waals surface area (Å²) in [4.78, 5) is 105. The number of nitrogens with zero attached hydrogens (tertiary/aromatic N) is 3. The van der Waals surface area contributed by atoms with Crippen LogP contribution >= 0.6 is 0 Å². The van der Waals surface area contributed by atoms with Gasteiger partial charge < -0.3 is 41.3 Å². The quantitative estimate of drug-likeness (QED) is 0.0718. The first-order valence-electron chi connectivity index (χ1n) is 27.6. The van der Waals surface area contributed by atoms with Crippen molar-refractivity contribution in [2.75, 3.05) is 20.1 Å². The molecule has 15 nitrogen and oxygen atoms in total. The number of fused-ring (bicyclic) bond motifs is 2. The average molecular weight is 1050 g/mol. The zero-order valence-electron chi connectivity index (χ0n) is 46.9. The van der Waals surface area contributed by atoms with Crippen LogP contribution in [0.3, 0.4) is 0 Å². The third-order valence-corrected chi connectivity index (χ3v) is 15.8. The van der Waals surface area contributed by atoms with E-state index in [1.165, 1.54) is 10.5 Å². The first-order chi connectivity index (χ1) is 36.6. The maximum Gasteiger partial charge on any atom is 0.251 e. The van der Waals surface area contributed by atoms with E-state index < -0.39 is 53.0 Å². The summed E-state index contributed by atoms with van der Waals surface area (Å²) in [6.45, 7) is 17.7. The van der Waals surface area contributed by atoms with E-state index in [-0.39, 0.29) is 73.5 Å². The second-order valence-electron chi connectivity index (χ2n) is 23.6. The summed E-state index contributed by atoms with van der Waals surface area (Å²) in [5.74, 6) is -2.48. The second-order valence-corrected chi connectivity index (χ2v) is 23.6. The minimum absolute atomic E-state index is 0.0520. The van der Waals surface area contributed by atoms with Crippen LogP contribution in [-0.2, 0) is 61.1 Å². The summed E-state index contributed by atoms with van der Waals surface area (Å²) in [5, 5.41) is 15.3. The van der Waals surface area contributed by atoms with Gasteiger partial charge in [-0.1, -0.05) is 146 Å². The molecule has 4 aromatic carbocycles. The van der Waals surface area contributed by atoms with Crippen molar-refractivity contribution >= 4 is 41.4 Å². The van der Waals surface area contributed by atoms with Crippen molar-refractivity contribution in [3.8, 4) is 0 Å². The summed E-state index contributed by atoms with van der Waals surface area (Å²) in [5.41, 5.74) is 4.99. The number of hydrogen-bond donors (Lipinski definition) is 5. The molecule has 412 valence electrons. The van der Waals surface area contributed by atoms with Crippen LogP contribution in [0.15, 0.2) is 103 Å². The molecule has 1 aliphatic carbocycles. The second kappa shape index (κ2) is 25.1. The molecule has 1 saturated heterocycles. The molecule has 77 heavy (non-hydrogen) atoms. The molecule has 3 aliphatic rings. The fourth-order valence-electron chi connectivity index (χ4n) is 10.7. The van der Waals surface area contributed by atoms with Crippen LogP contribution in [0.25, 0.3) is 0 Å². The zero-order chi connectivity index (χ0) is 55.8. The van der Waals surface area contributed by atoms with Crippen LogP contribution < -0.4 is 26.6 Å². The summed E-state index contributed by atoms with van der Waals surface area (Å²) in [7, 11) is 1.67. The van der Waals surface area contributed by atoms with Gasteiger partial charge in [-0.15, -0.1) is 0 Å². The fourth-order valence-corrected chi connectivity index (χ4v) is 10.7. The molecule has 8 atom stereocenters. The highest BCUT2D eigenvalue weighted by Gasteiger charge is 2.47. The lowest BCUT2D eigenvalue weighted by atomic mass is 9.83. The molecule has 1 unspecified atom stereocenters. The molecule has 0 spiro atoms. The van der Waals surface area contributed by atoms with E-state index in [0.29, 0.717) is 31.4 Å². The Hall–Kier alpha value is -6.87. The van der Waals surface area contributed by atoms with Crippen LogP contribution in [0.5, 0.6) is 0 Å². The van der Waals surface area contributed by atoms with Crippen LogP contribution in [0.1, 0.15) is 138 Å². The Morgan fingerprint density at radius 3 is 1.91 bits per heavy atom. The summed E-state index contributed by atoms with van der Waals surface area (Å²) >= 11 is 0. The van der Waals surface area contributed by atoms with Crippen LogP contribution in [-0.4, -0.2) is 112 Å². The number of likely N-dealkylation sites (N-methyl/N-ethyl adjacent to an activating group) is 1. The van der Waals surface area contributed by atoms with E-state index in [1.54, 1.807) is 35.9 Å². The molecule has 5 N–H and O–H groups in total. The lowest BCUT2D eigenvalue weighted by molar-refractivity contribution is -0.151. The monoisotopic (exact) mass is 1050 g/mol. The van der Waals surface area contributed by atoms with E-state index in [9.17, 15) is 28.8 Å². The predicted molar refractivity (Wildman–Crippen MR) is 299 cm³/mol. The number of nitrogens with one attached hydrogen (secondary N) is 5. The van der Waals surface area contributed by atoms with Crippen LogP contribution in [0.2, 0.25) is 0 Å². The van der Waals surface area contributed by atoms with Crippen molar-refractivity contribution in [2.45, 2.75) is 163 Å². The van der Waals surface area contributed by atoms with E-state index in [2.05, 4.69) is 32.7 Å².